The summed E-state index contributed by atoms with van der Waals surface area (Å²) in [6, 6.07) is 25.0. The molecule has 0 aliphatic carbocycles. The van der Waals surface area contributed by atoms with Gasteiger partial charge in [0, 0.05) is 16.3 Å². The van der Waals surface area contributed by atoms with Crippen LogP contribution < -0.4 is 10.9 Å². The Balaban J connectivity index is 1.37. The van der Waals surface area contributed by atoms with Gasteiger partial charge in [-0.3, -0.25) is 14.9 Å². The molecule has 0 saturated carbocycles. The summed E-state index contributed by atoms with van der Waals surface area (Å²) in [5.41, 5.74) is 1.75. The molecule has 1 N–H and O–H groups in total. The monoisotopic (exact) mass is 496 g/mol. The number of rotatable bonds is 6. The number of nitrogens with zero attached hydrogens (tertiary/aromatic N) is 3. The minimum Gasteiger partial charge on any atom is -0.448 e. The fraction of sp³-hybridized carbons (Fsp3) is 0.0741. The van der Waals surface area contributed by atoms with Crippen LogP contribution in [0, 0.1) is 0 Å². The first kappa shape index (κ1) is 23.1. The smallest absolute Gasteiger partial charge is 0.360 e. The van der Waals surface area contributed by atoms with Crippen molar-refractivity contribution >= 4 is 39.1 Å². The molecule has 2 heterocycles. The zero-order valence-electron chi connectivity index (χ0n) is 19.1. The number of fused-ring (bicyclic) bond motifs is 1. The standard InChI is InChI=1S/C27H20N4O4S/c1-17(24(32)29-27-28-22(16-36-27)18-10-4-2-5-11-18)35-26(34)23-20-14-8-9-15-21(20)25(33)31(30-23)19-12-6-3-7-13-19/h2-17H,1H3,(H,28,29,32). The number of benzene rings is 3. The number of hydrogen-bond donors (Lipinski definition) is 1. The molecule has 9 heteroatoms. The van der Waals surface area contributed by atoms with Crippen molar-refractivity contribution in [2.24, 2.45) is 0 Å². The van der Waals surface area contributed by atoms with Crippen molar-refractivity contribution in [3.8, 4) is 16.9 Å². The van der Waals surface area contributed by atoms with E-state index in [4.69, 9.17) is 4.74 Å². The molecule has 1 unspecified atom stereocenters. The van der Waals surface area contributed by atoms with E-state index in [9.17, 15) is 14.4 Å². The van der Waals surface area contributed by atoms with E-state index in [-0.39, 0.29) is 11.3 Å². The Morgan fingerprint density at radius 2 is 1.56 bits per heavy atom. The van der Waals surface area contributed by atoms with Gasteiger partial charge in [-0.15, -0.1) is 11.3 Å². The van der Waals surface area contributed by atoms with E-state index in [1.54, 1.807) is 48.5 Å². The first-order valence-electron chi connectivity index (χ1n) is 11.1. The van der Waals surface area contributed by atoms with Crippen molar-refractivity contribution in [3.63, 3.8) is 0 Å². The van der Waals surface area contributed by atoms with Gasteiger partial charge in [0.1, 0.15) is 0 Å². The number of nitrogens with one attached hydrogen (secondary N) is 1. The lowest BCUT2D eigenvalue weighted by Gasteiger charge is -2.14. The van der Waals surface area contributed by atoms with Crippen LogP contribution in [0.5, 0.6) is 0 Å². The molecule has 2 aromatic heterocycles. The fourth-order valence-corrected chi connectivity index (χ4v) is 4.36. The molecule has 5 aromatic rings. The number of carbonyl (C=O) groups excluding carboxylic acids is 2. The van der Waals surface area contributed by atoms with Crippen LogP contribution in [-0.4, -0.2) is 32.7 Å². The Hall–Kier alpha value is -4.63. The maximum atomic E-state index is 13.1. The predicted molar refractivity (Wildman–Crippen MR) is 138 cm³/mol. The van der Waals surface area contributed by atoms with Gasteiger partial charge in [-0.1, -0.05) is 66.7 Å². The highest BCUT2D eigenvalue weighted by atomic mass is 32.1. The fourth-order valence-electron chi connectivity index (χ4n) is 3.63. The molecule has 5 rings (SSSR count). The number of hydrogen-bond acceptors (Lipinski definition) is 7. The average Bonchev–Trinajstić information content (AvgIpc) is 3.38. The Morgan fingerprint density at radius 3 is 2.28 bits per heavy atom. The van der Waals surface area contributed by atoms with Crippen LogP contribution >= 0.6 is 11.3 Å². The molecule has 178 valence electrons. The molecular formula is C27H20N4O4S. The molecule has 36 heavy (non-hydrogen) atoms. The highest BCUT2D eigenvalue weighted by Crippen LogP contribution is 2.25. The molecule has 1 amide bonds. The van der Waals surface area contributed by atoms with Gasteiger partial charge in [0.15, 0.2) is 16.9 Å². The topological polar surface area (TPSA) is 103 Å². The quantitative estimate of drug-likeness (QED) is 0.342. The Kier molecular flexibility index (Phi) is 6.38. The highest BCUT2D eigenvalue weighted by Gasteiger charge is 2.24. The summed E-state index contributed by atoms with van der Waals surface area (Å²) in [5.74, 6) is -1.35. The zero-order chi connectivity index (χ0) is 25.1. The van der Waals surface area contributed by atoms with E-state index in [1.165, 1.54) is 18.3 Å². The van der Waals surface area contributed by atoms with Gasteiger partial charge in [0.05, 0.1) is 16.8 Å². The van der Waals surface area contributed by atoms with Crippen molar-refractivity contribution in [3.05, 3.63) is 106 Å². The van der Waals surface area contributed by atoms with E-state index in [0.717, 1.165) is 15.9 Å². The SMILES string of the molecule is CC(OC(=O)c1nn(-c2ccccc2)c(=O)c2ccccc12)C(=O)Nc1nc(-c2ccccc2)cs1. The molecule has 0 bridgehead atoms. The Morgan fingerprint density at radius 1 is 0.917 bits per heavy atom. The summed E-state index contributed by atoms with van der Waals surface area (Å²) in [4.78, 5) is 43.3. The number of para-hydroxylation sites is 1. The molecule has 0 fully saturated rings. The Bertz CT molecular complexity index is 1610. The first-order valence-corrected chi connectivity index (χ1v) is 12.0. The lowest BCUT2D eigenvalue weighted by atomic mass is 10.1. The number of anilines is 1. The van der Waals surface area contributed by atoms with Crippen molar-refractivity contribution in [2.75, 3.05) is 5.32 Å². The van der Waals surface area contributed by atoms with Gasteiger partial charge in [0.2, 0.25) is 0 Å². The minimum absolute atomic E-state index is 0.0608. The number of ether oxygens (including phenoxy) is 1. The van der Waals surface area contributed by atoms with E-state index in [1.807, 2.05) is 41.8 Å². The summed E-state index contributed by atoms with van der Waals surface area (Å²) < 4.78 is 6.61. The van der Waals surface area contributed by atoms with E-state index >= 15 is 0 Å². The summed E-state index contributed by atoms with van der Waals surface area (Å²) in [7, 11) is 0. The van der Waals surface area contributed by atoms with Gasteiger partial charge in [-0.05, 0) is 25.1 Å². The van der Waals surface area contributed by atoms with Crippen LogP contribution in [0.2, 0.25) is 0 Å². The van der Waals surface area contributed by atoms with Gasteiger partial charge >= 0.3 is 5.97 Å². The average molecular weight is 497 g/mol. The number of thiazole rings is 1. The lowest BCUT2D eigenvalue weighted by molar-refractivity contribution is -0.123. The van der Waals surface area contributed by atoms with Crippen LogP contribution in [0.4, 0.5) is 5.13 Å². The summed E-state index contributed by atoms with van der Waals surface area (Å²) >= 11 is 1.27. The second-order valence-electron chi connectivity index (χ2n) is 7.89. The van der Waals surface area contributed by atoms with E-state index in [0.29, 0.717) is 21.6 Å². The van der Waals surface area contributed by atoms with Crippen molar-refractivity contribution in [1.29, 1.82) is 0 Å². The van der Waals surface area contributed by atoms with E-state index in [2.05, 4.69) is 15.4 Å². The molecule has 0 spiro atoms. The molecule has 0 aliphatic rings. The highest BCUT2D eigenvalue weighted by molar-refractivity contribution is 7.14. The molecule has 0 aliphatic heterocycles. The number of aromatic nitrogens is 3. The molecular weight excluding hydrogens is 476 g/mol. The largest absolute Gasteiger partial charge is 0.448 e. The number of amides is 1. The molecule has 3 aromatic carbocycles. The number of carbonyl (C=O) groups is 2. The van der Waals surface area contributed by atoms with Gasteiger partial charge in [0.25, 0.3) is 11.5 Å². The van der Waals surface area contributed by atoms with Crippen molar-refractivity contribution in [2.45, 2.75) is 13.0 Å². The molecule has 8 nitrogen and oxygen atoms in total. The minimum atomic E-state index is -1.13. The third-order valence-corrected chi connectivity index (χ3v) is 6.21. The van der Waals surface area contributed by atoms with Crippen molar-refractivity contribution < 1.29 is 14.3 Å². The lowest BCUT2D eigenvalue weighted by Crippen LogP contribution is -2.31. The maximum absolute atomic E-state index is 13.1. The summed E-state index contributed by atoms with van der Waals surface area (Å²) in [6.07, 6.45) is -1.13. The first-order chi connectivity index (χ1) is 17.5. The normalized spacial score (nSPS) is 11.7. The predicted octanol–water partition coefficient (Wildman–Crippen LogP) is 4.69. The van der Waals surface area contributed by atoms with Gasteiger partial charge in [-0.2, -0.15) is 9.78 Å². The molecule has 1 atom stereocenters. The zero-order valence-corrected chi connectivity index (χ0v) is 19.9. The molecule has 0 saturated heterocycles. The molecule has 0 radical (unpaired) electrons. The van der Waals surface area contributed by atoms with Gasteiger partial charge in [-0.25, -0.2) is 9.78 Å². The maximum Gasteiger partial charge on any atom is 0.360 e. The van der Waals surface area contributed by atoms with Crippen LogP contribution in [0.25, 0.3) is 27.7 Å². The van der Waals surface area contributed by atoms with Crippen LogP contribution in [0.3, 0.4) is 0 Å². The summed E-state index contributed by atoms with van der Waals surface area (Å²) in [6.45, 7) is 1.47. The number of esters is 1. The Labute approximate surface area is 209 Å². The second kappa shape index (κ2) is 9.93. The van der Waals surface area contributed by atoms with E-state index < -0.39 is 18.0 Å². The summed E-state index contributed by atoms with van der Waals surface area (Å²) in [5, 5.41) is 9.87. The van der Waals surface area contributed by atoms with Crippen LogP contribution in [0.15, 0.2) is 95.1 Å². The van der Waals surface area contributed by atoms with Crippen molar-refractivity contribution in [1.82, 2.24) is 14.8 Å². The second-order valence-corrected chi connectivity index (χ2v) is 8.75. The van der Waals surface area contributed by atoms with Crippen LogP contribution in [-0.2, 0) is 9.53 Å². The third-order valence-electron chi connectivity index (χ3n) is 5.46. The van der Waals surface area contributed by atoms with Crippen LogP contribution in [0.1, 0.15) is 17.4 Å². The van der Waals surface area contributed by atoms with Gasteiger partial charge < -0.3 is 4.74 Å². The third kappa shape index (κ3) is 4.64.